The van der Waals surface area contributed by atoms with E-state index in [-0.39, 0.29) is 5.82 Å². The van der Waals surface area contributed by atoms with Crippen LogP contribution in [0.1, 0.15) is 19.3 Å². The van der Waals surface area contributed by atoms with Crippen molar-refractivity contribution in [1.29, 1.82) is 0 Å². The van der Waals surface area contributed by atoms with Crippen molar-refractivity contribution in [2.24, 2.45) is 0 Å². The van der Waals surface area contributed by atoms with Crippen molar-refractivity contribution in [1.82, 2.24) is 9.97 Å². The first-order valence-corrected chi connectivity index (χ1v) is 6.23. The molecule has 1 fully saturated rings. The Morgan fingerprint density at radius 3 is 2.53 bits per heavy atom. The van der Waals surface area contributed by atoms with E-state index in [1.807, 2.05) is 0 Å². The molecule has 0 amide bonds. The van der Waals surface area contributed by atoms with E-state index in [0.717, 1.165) is 11.9 Å². The molecule has 5 heteroatoms. The van der Waals surface area contributed by atoms with Crippen molar-refractivity contribution in [2.45, 2.75) is 25.3 Å². The minimum atomic E-state index is -0.383. The highest BCUT2D eigenvalue weighted by Crippen LogP contribution is 2.27. The number of rotatable bonds is 4. The van der Waals surface area contributed by atoms with Crippen LogP contribution in [0.2, 0.25) is 0 Å². The smallest absolute Gasteiger partial charge is 0.225 e. The Bertz CT molecular complexity index is 313. The van der Waals surface area contributed by atoms with Gasteiger partial charge in [0.1, 0.15) is 0 Å². The van der Waals surface area contributed by atoms with E-state index in [1.54, 1.807) is 0 Å². The third-order valence-corrected chi connectivity index (χ3v) is 3.06. The van der Waals surface area contributed by atoms with Crippen molar-refractivity contribution >= 4 is 21.9 Å². The van der Waals surface area contributed by atoms with Crippen LogP contribution in [0.3, 0.4) is 0 Å². The number of halogens is 2. The van der Waals surface area contributed by atoms with Crippen LogP contribution in [-0.2, 0) is 0 Å². The van der Waals surface area contributed by atoms with Crippen molar-refractivity contribution in [3.63, 3.8) is 0 Å². The lowest BCUT2D eigenvalue weighted by atomic mass is 9.92. The van der Waals surface area contributed by atoms with Gasteiger partial charge in [-0.05, 0) is 19.3 Å². The molecule has 0 saturated heterocycles. The van der Waals surface area contributed by atoms with Crippen LogP contribution in [0.4, 0.5) is 10.3 Å². The van der Waals surface area contributed by atoms with Gasteiger partial charge in [0.05, 0.1) is 12.4 Å². The zero-order chi connectivity index (χ0) is 10.7. The molecule has 1 aromatic rings. The summed E-state index contributed by atoms with van der Waals surface area (Å²) in [6.45, 7) is 0.871. The summed E-state index contributed by atoms with van der Waals surface area (Å²) < 4.78 is 12.7. The molecule has 0 aromatic carbocycles. The molecule has 0 aliphatic heterocycles. The summed E-state index contributed by atoms with van der Waals surface area (Å²) >= 11 is 3.41. The van der Waals surface area contributed by atoms with E-state index in [2.05, 4.69) is 30.8 Å². The number of alkyl halides is 1. The number of hydrogen-bond donors (Lipinski definition) is 0. The van der Waals surface area contributed by atoms with Crippen LogP contribution in [0.15, 0.2) is 12.4 Å². The molecule has 0 atom stereocenters. The molecule has 1 saturated carbocycles. The number of hydrogen-bond acceptors (Lipinski definition) is 3. The van der Waals surface area contributed by atoms with Crippen molar-refractivity contribution in [3.8, 4) is 0 Å². The SMILES string of the molecule is Fc1cnc(N(CCBr)C2CCC2)nc1. The number of aromatic nitrogens is 2. The minimum Gasteiger partial charge on any atom is -0.337 e. The van der Waals surface area contributed by atoms with E-state index in [9.17, 15) is 4.39 Å². The van der Waals surface area contributed by atoms with Gasteiger partial charge < -0.3 is 4.90 Å². The summed E-state index contributed by atoms with van der Waals surface area (Å²) in [5, 5.41) is 0.879. The van der Waals surface area contributed by atoms with E-state index in [4.69, 9.17) is 0 Å². The summed E-state index contributed by atoms with van der Waals surface area (Å²) in [5.41, 5.74) is 0. The predicted molar refractivity (Wildman–Crippen MR) is 60.8 cm³/mol. The predicted octanol–water partition coefficient (Wildman–Crippen LogP) is 2.37. The van der Waals surface area contributed by atoms with E-state index >= 15 is 0 Å². The van der Waals surface area contributed by atoms with Gasteiger partial charge in [0.2, 0.25) is 5.95 Å². The molecule has 0 unspecified atom stereocenters. The Kier molecular flexibility index (Phi) is 3.51. The van der Waals surface area contributed by atoms with E-state index in [1.165, 1.54) is 31.7 Å². The van der Waals surface area contributed by atoms with Crippen molar-refractivity contribution in [3.05, 3.63) is 18.2 Å². The largest absolute Gasteiger partial charge is 0.337 e. The van der Waals surface area contributed by atoms with Crippen LogP contribution in [0.25, 0.3) is 0 Å². The first kappa shape index (κ1) is 10.8. The molecule has 0 radical (unpaired) electrons. The normalized spacial score (nSPS) is 16.1. The molecule has 0 spiro atoms. The lowest BCUT2D eigenvalue weighted by Gasteiger charge is -2.37. The standard InChI is InChI=1S/C10H13BrFN3/c11-4-5-15(9-2-1-3-9)10-13-6-8(12)7-14-10/h6-7,9H,1-5H2. The molecule has 1 aromatic heterocycles. The summed E-state index contributed by atoms with van der Waals surface area (Å²) in [4.78, 5) is 10.2. The quantitative estimate of drug-likeness (QED) is 0.789. The molecular formula is C10H13BrFN3. The summed E-state index contributed by atoms with van der Waals surface area (Å²) in [7, 11) is 0. The maximum atomic E-state index is 12.7. The zero-order valence-corrected chi connectivity index (χ0v) is 9.95. The summed E-state index contributed by atoms with van der Waals surface area (Å²) in [6, 6.07) is 0.535. The average molecular weight is 274 g/mol. The highest BCUT2D eigenvalue weighted by Gasteiger charge is 2.26. The topological polar surface area (TPSA) is 29.0 Å². The molecule has 3 nitrogen and oxygen atoms in total. The number of anilines is 1. The van der Waals surface area contributed by atoms with Gasteiger partial charge in [-0.15, -0.1) is 0 Å². The molecule has 1 aliphatic rings. The lowest BCUT2D eigenvalue weighted by molar-refractivity contribution is 0.386. The van der Waals surface area contributed by atoms with Gasteiger partial charge in [0.15, 0.2) is 5.82 Å². The monoisotopic (exact) mass is 273 g/mol. The highest BCUT2D eigenvalue weighted by atomic mass is 79.9. The molecular weight excluding hydrogens is 261 g/mol. The van der Waals surface area contributed by atoms with Crippen molar-refractivity contribution in [2.75, 3.05) is 16.8 Å². The van der Waals surface area contributed by atoms with Crippen LogP contribution >= 0.6 is 15.9 Å². The third kappa shape index (κ3) is 2.45. The maximum absolute atomic E-state index is 12.7. The highest BCUT2D eigenvalue weighted by molar-refractivity contribution is 9.09. The summed E-state index contributed by atoms with van der Waals surface area (Å²) in [6.07, 6.45) is 6.09. The first-order chi connectivity index (χ1) is 7.31. The van der Waals surface area contributed by atoms with Gasteiger partial charge in [-0.2, -0.15) is 0 Å². The fourth-order valence-electron chi connectivity index (χ4n) is 1.69. The van der Waals surface area contributed by atoms with Gasteiger partial charge in [0.25, 0.3) is 0 Å². The molecule has 82 valence electrons. The van der Waals surface area contributed by atoms with Gasteiger partial charge in [-0.25, -0.2) is 14.4 Å². The van der Waals surface area contributed by atoms with Crippen LogP contribution < -0.4 is 4.90 Å². The fourth-order valence-corrected chi connectivity index (χ4v) is 2.07. The third-order valence-electron chi connectivity index (χ3n) is 2.70. The van der Waals surface area contributed by atoms with Gasteiger partial charge >= 0.3 is 0 Å². The van der Waals surface area contributed by atoms with Gasteiger partial charge in [-0.1, -0.05) is 15.9 Å². The summed E-state index contributed by atoms with van der Waals surface area (Å²) in [5.74, 6) is 0.256. The Hall–Kier alpha value is -0.710. The molecule has 2 rings (SSSR count). The lowest BCUT2D eigenvalue weighted by Crippen LogP contribution is -2.42. The minimum absolute atomic E-state index is 0.383. The first-order valence-electron chi connectivity index (χ1n) is 5.11. The molecule has 0 bridgehead atoms. The second-order valence-electron chi connectivity index (χ2n) is 3.67. The second-order valence-corrected chi connectivity index (χ2v) is 4.46. The fraction of sp³-hybridized carbons (Fsp3) is 0.600. The van der Waals surface area contributed by atoms with E-state index in [0.29, 0.717) is 12.0 Å². The molecule has 1 aliphatic carbocycles. The Morgan fingerprint density at radius 1 is 1.40 bits per heavy atom. The molecule has 15 heavy (non-hydrogen) atoms. The molecule has 1 heterocycles. The zero-order valence-electron chi connectivity index (χ0n) is 8.37. The maximum Gasteiger partial charge on any atom is 0.225 e. The van der Waals surface area contributed by atoms with Crippen LogP contribution in [0, 0.1) is 5.82 Å². The van der Waals surface area contributed by atoms with E-state index < -0.39 is 0 Å². The van der Waals surface area contributed by atoms with Crippen molar-refractivity contribution < 1.29 is 4.39 Å². The van der Waals surface area contributed by atoms with Crippen LogP contribution in [-0.4, -0.2) is 27.9 Å². The van der Waals surface area contributed by atoms with Gasteiger partial charge in [0, 0.05) is 17.9 Å². The van der Waals surface area contributed by atoms with Gasteiger partial charge in [-0.3, -0.25) is 0 Å². The molecule has 0 N–H and O–H groups in total. The second kappa shape index (κ2) is 4.88. The Morgan fingerprint density at radius 2 is 2.07 bits per heavy atom. The number of nitrogens with zero attached hydrogens (tertiary/aromatic N) is 3. The van der Waals surface area contributed by atoms with Crippen LogP contribution in [0.5, 0.6) is 0 Å². The Balaban J connectivity index is 2.12. The Labute approximate surface area is 96.8 Å². The average Bonchev–Trinajstić information content (AvgIpc) is 2.16.